The fourth-order valence-corrected chi connectivity index (χ4v) is 3.31. The molecule has 1 aromatic carbocycles. The number of imidazole rings is 1. The maximum atomic E-state index is 13.0. The van der Waals surface area contributed by atoms with Gasteiger partial charge < -0.3 is 14.0 Å². The van der Waals surface area contributed by atoms with Gasteiger partial charge in [0.25, 0.3) is 5.91 Å². The maximum absolute atomic E-state index is 13.0. The predicted octanol–water partition coefficient (Wildman–Crippen LogP) is 4.54. The smallest absolute Gasteiger partial charge is 0.257 e. The standard InChI is InChI=1S/C23H21ClN4O2/c1-16-7-10-22-26-18(14-28(22)12-16)15-30-20-6-4-3-5-19(20)23(29)27(2)13-17-8-9-21(24)25-11-17/h3-12,14H,13,15H2,1-2H3. The molecule has 0 N–H and O–H groups in total. The molecule has 30 heavy (non-hydrogen) atoms. The molecule has 0 bridgehead atoms. The zero-order valence-corrected chi connectivity index (χ0v) is 17.5. The van der Waals surface area contributed by atoms with Crippen molar-refractivity contribution in [2.24, 2.45) is 0 Å². The number of ether oxygens (including phenoxy) is 1. The molecule has 3 heterocycles. The Hall–Kier alpha value is -3.38. The van der Waals surface area contributed by atoms with E-state index in [1.807, 2.05) is 54.0 Å². The number of aromatic nitrogens is 3. The molecule has 152 valence electrons. The molecule has 1 amide bonds. The van der Waals surface area contributed by atoms with E-state index in [9.17, 15) is 4.79 Å². The molecule has 6 nitrogen and oxygen atoms in total. The predicted molar refractivity (Wildman–Crippen MR) is 116 cm³/mol. The number of hydrogen-bond acceptors (Lipinski definition) is 4. The number of para-hydroxylation sites is 1. The Labute approximate surface area is 179 Å². The summed E-state index contributed by atoms with van der Waals surface area (Å²) in [5, 5.41) is 0.425. The van der Waals surface area contributed by atoms with Gasteiger partial charge in [-0.2, -0.15) is 0 Å². The molecule has 0 aliphatic heterocycles. The van der Waals surface area contributed by atoms with E-state index in [0.717, 1.165) is 22.5 Å². The van der Waals surface area contributed by atoms with Crippen LogP contribution in [-0.4, -0.2) is 32.2 Å². The van der Waals surface area contributed by atoms with Gasteiger partial charge in [-0.25, -0.2) is 9.97 Å². The first-order valence-electron chi connectivity index (χ1n) is 9.51. The van der Waals surface area contributed by atoms with Crippen molar-refractivity contribution in [3.8, 4) is 5.75 Å². The summed E-state index contributed by atoms with van der Waals surface area (Å²) in [6.45, 7) is 2.73. The Morgan fingerprint density at radius 3 is 2.77 bits per heavy atom. The molecular formula is C23H21ClN4O2. The van der Waals surface area contributed by atoms with Gasteiger partial charge in [0, 0.05) is 32.2 Å². The molecule has 0 unspecified atom stereocenters. The molecule has 3 aromatic heterocycles. The number of fused-ring (bicyclic) bond motifs is 1. The van der Waals surface area contributed by atoms with E-state index in [1.54, 1.807) is 36.3 Å². The summed E-state index contributed by atoms with van der Waals surface area (Å²) in [7, 11) is 1.75. The van der Waals surface area contributed by atoms with Crippen LogP contribution >= 0.6 is 11.6 Å². The Balaban J connectivity index is 1.48. The van der Waals surface area contributed by atoms with E-state index < -0.39 is 0 Å². The highest BCUT2D eigenvalue weighted by molar-refractivity contribution is 6.29. The van der Waals surface area contributed by atoms with Crippen molar-refractivity contribution < 1.29 is 9.53 Å². The van der Waals surface area contributed by atoms with Crippen LogP contribution in [0.3, 0.4) is 0 Å². The molecule has 0 radical (unpaired) electrons. The number of carbonyl (C=O) groups is 1. The highest BCUT2D eigenvalue weighted by Crippen LogP contribution is 2.22. The molecule has 0 saturated carbocycles. The number of halogens is 1. The lowest BCUT2D eigenvalue weighted by molar-refractivity contribution is 0.0780. The van der Waals surface area contributed by atoms with E-state index >= 15 is 0 Å². The number of pyridine rings is 2. The number of rotatable bonds is 6. The summed E-state index contributed by atoms with van der Waals surface area (Å²) in [5.41, 5.74) is 4.21. The van der Waals surface area contributed by atoms with Crippen LogP contribution in [-0.2, 0) is 13.2 Å². The second-order valence-corrected chi connectivity index (χ2v) is 7.53. The van der Waals surface area contributed by atoms with E-state index in [2.05, 4.69) is 9.97 Å². The monoisotopic (exact) mass is 420 g/mol. The zero-order chi connectivity index (χ0) is 21.1. The van der Waals surface area contributed by atoms with Crippen LogP contribution in [0.1, 0.15) is 27.2 Å². The second kappa shape index (κ2) is 8.55. The van der Waals surface area contributed by atoms with E-state index in [-0.39, 0.29) is 12.5 Å². The minimum Gasteiger partial charge on any atom is -0.486 e. The summed E-state index contributed by atoms with van der Waals surface area (Å²) >= 11 is 5.83. The minimum absolute atomic E-state index is 0.133. The molecule has 0 fully saturated rings. The van der Waals surface area contributed by atoms with Gasteiger partial charge >= 0.3 is 0 Å². The molecule has 0 aliphatic rings. The number of benzene rings is 1. The molecular weight excluding hydrogens is 400 g/mol. The lowest BCUT2D eigenvalue weighted by Gasteiger charge is -2.19. The van der Waals surface area contributed by atoms with Crippen molar-refractivity contribution in [1.29, 1.82) is 0 Å². The second-order valence-electron chi connectivity index (χ2n) is 7.14. The summed E-state index contributed by atoms with van der Waals surface area (Å²) in [6.07, 6.45) is 5.62. The van der Waals surface area contributed by atoms with Gasteiger partial charge in [-0.1, -0.05) is 35.9 Å². The van der Waals surface area contributed by atoms with Gasteiger partial charge in [-0.15, -0.1) is 0 Å². The third-order valence-electron chi connectivity index (χ3n) is 4.70. The summed E-state index contributed by atoms with van der Waals surface area (Å²) in [4.78, 5) is 23.3. The Morgan fingerprint density at radius 2 is 1.97 bits per heavy atom. The quantitative estimate of drug-likeness (QED) is 0.429. The van der Waals surface area contributed by atoms with Crippen LogP contribution in [0.25, 0.3) is 5.65 Å². The zero-order valence-electron chi connectivity index (χ0n) is 16.7. The maximum Gasteiger partial charge on any atom is 0.257 e. The first-order chi connectivity index (χ1) is 14.5. The summed E-state index contributed by atoms with van der Waals surface area (Å²) in [5.74, 6) is 0.392. The van der Waals surface area contributed by atoms with Crippen molar-refractivity contribution >= 4 is 23.2 Å². The normalized spacial score (nSPS) is 10.9. The van der Waals surface area contributed by atoms with Crippen molar-refractivity contribution in [2.45, 2.75) is 20.1 Å². The molecule has 0 spiro atoms. The third-order valence-corrected chi connectivity index (χ3v) is 4.92. The number of aryl methyl sites for hydroxylation is 1. The minimum atomic E-state index is -0.133. The highest BCUT2D eigenvalue weighted by Gasteiger charge is 2.17. The topological polar surface area (TPSA) is 59.7 Å². The number of hydrogen-bond donors (Lipinski definition) is 0. The fourth-order valence-electron chi connectivity index (χ4n) is 3.20. The van der Waals surface area contributed by atoms with Gasteiger partial charge in [-0.3, -0.25) is 4.79 Å². The van der Waals surface area contributed by atoms with E-state index in [0.29, 0.717) is 23.0 Å². The van der Waals surface area contributed by atoms with Gasteiger partial charge in [0.05, 0.1) is 11.3 Å². The molecule has 4 aromatic rings. The highest BCUT2D eigenvalue weighted by atomic mass is 35.5. The number of nitrogens with zero attached hydrogens (tertiary/aromatic N) is 4. The fraction of sp³-hybridized carbons (Fsp3) is 0.174. The van der Waals surface area contributed by atoms with Gasteiger partial charge in [0.1, 0.15) is 23.2 Å². The molecule has 4 rings (SSSR count). The Bertz CT molecular complexity index is 1190. The van der Waals surface area contributed by atoms with E-state index in [4.69, 9.17) is 16.3 Å². The average Bonchev–Trinajstić information content (AvgIpc) is 3.15. The molecule has 0 aliphatic carbocycles. The average molecular weight is 421 g/mol. The van der Waals surface area contributed by atoms with Crippen LogP contribution < -0.4 is 4.74 Å². The Morgan fingerprint density at radius 1 is 1.13 bits per heavy atom. The van der Waals surface area contributed by atoms with Crippen LogP contribution in [0.5, 0.6) is 5.75 Å². The third kappa shape index (κ3) is 4.44. The van der Waals surface area contributed by atoms with Crippen molar-refractivity contribution in [2.75, 3.05) is 7.05 Å². The summed E-state index contributed by atoms with van der Waals surface area (Å²) < 4.78 is 7.94. The van der Waals surface area contributed by atoms with Gasteiger partial charge in [0.15, 0.2) is 0 Å². The first-order valence-corrected chi connectivity index (χ1v) is 9.89. The van der Waals surface area contributed by atoms with Crippen molar-refractivity contribution in [1.82, 2.24) is 19.3 Å². The lowest BCUT2D eigenvalue weighted by atomic mass is 10.1. The largest absolute Gasteiger partial charge is 0.486 e. The molecule has 0 saturated heterocycles. The molecule has 7 heteroatoms. The number of carbonyl (C=O) groups excluding carboxylic acids is 1. The summed E-state index contributed by atoms with van der Waals surface area (Å²) in [6, 6.07) is 14.8. The van der Waals surface area contributed by atoms with Crippen LogP contribution in [0.2, 0.25) is 5.15 Å². The number of amides is 1. The van der Waals surface area contributed by atoms with Crippen molar-refractivity contribution in [3.05, 3.63) is 94.7 Å². The SMILES string of the molecule is Cc1ccc2nc(COc3ccccc3C(=O)N(C)Cc3ccc(Cl)nc3)cn2c1. The lowest BCUT2D eigenvalue weighted by Crippen LogP contribution is -2.26. The van der Waals surface area contributed by atoms with Crippen molar-refractivity contribution in [3.63, 3.8) is 0 Å². The van der Waals surface area contributed by atoms with Crippen LogP contribution in [0, 0.1) is 6.92 Å². The van der Waals surface area contributed by atoms with Gasteiger partial charge in [0.2, 0.25) is 0 Å². The van der Waals surface area contributed by atoms with Crippen LogP contribution in [0.4, 0.5) is 0 Å². The Kier molecular flexibility index (Phi) is 5.68. The van der Waals surface area contributed by atoms with E-state index in [1.165, 1.54) is 0 Å². The molecule has 0 atom stereocenters. The van der Waals surface area contributed by atoms with Crippen LogP contribution in [0.15, 0.2) is 67.1 Å². The van der Waals surface area contributed by atoms with Gasteiger partial charge in [-0.05, 0) is 42.3 Å². The first kappa shape index (κ1) is 19.9.